The van der Waals surface area contributed by atoms with E-state index in [1.807, 2.05) is 42.7 Å². The summed E-state index contributed by atoms with van der Waals surface area (Å²) in [5.41, 5.74) is 17.0. The van der Waals surface area contributed by atoms with Crippen molar-refractivity contribution >= 4 is 56.3 Å². The average Bonchev–Trinajstić information content (AvgIpc) is 3.96. The number of furan rings is 1. The van der Waals surface area contributed by atoms with E-state index in [2.05, 4.69) is 234 Å². The van der Waals surface area contributed by atoms with Gasteiger partial charge in [-0.25, -0.2) is 9.97 Å². The first-order valence-corrected chi connectivity index (χ1v) is 23.6. The summed E-state index contributed by atoms with van der Waals surface area (Å²) in [6.07, 6.45) is 3.69. The summed E-state index contributed by atoms with van der Waals surface area (Å²) in [6.45, 7) is 4.28. The van der Waals surface area contributed by atoms with E-state index in [1.165, 1.54) is 0 Å². The minimum absolute atomic E-state index is 0.814. The highest BCUT2D eigenvalue weighted by atomic mass is 16.3. The Morgan fingerprint density at radius 1 is 0.400 bits per heavy atom. The molecule has 0 radical (unpaired) electrons. The SMILES string of the molecule is Cc1ccccc1N(c1ccc(-c2oc3cc4c(-c5ccccc5)c(-c5ccc(N(c6ccccn6)c6ccccc6C)cc5)n(-c5ccccc5)c4cc3c2-c2ccccc2)cc1)c1ccccn1. The second kappa shape index (κ2) is 18.1. The summed E-state index contributed by atoms with van der Waals surface area (Å²) in [4.78, 5) is 14.0. The first-order chi connectivity index (χ1) is 34.6. The Morgan fingerprint density at radius 3 is 1.39 bits per heavy atom. The number of benzene rings is 8. The zero-order chi connectivity index (χ0) is 47.0. The summed E-state index contributed by atoms with van der Waals surface area (Å²) >= 11 is 0. The second-order valence-corrected chi connectivity index (χ2v) is 17.5. The van der Waals surface area contributed by atoms with Gasteiger partial charge in [0.05, 0.1) is 22.6 Å². The molecule has 334 valence electrons. The van der Waals surface area contributed by atoms with Crippen molar-refractivity contribution in [3.05, 3.63) is 260 Å². The molecule has 4 heterocycles. The molecule has 0 saturated heterocycles. The van der Waals surface area contributed by atoms with Gasteiger partial charge in [-0.3, -0.25) is 9.80 Å². The molecule has 6 nitrogen and oxygen atoms in total. The smallest absolute Gasteiger partial charge is 0.143 e. The highest BCUT2D eigenvalue weighted by Crippen LogP contribution is 2.49. The van der Waals surface area contributed by atoms with Crippen LogP contribution in [0.5, 0.6) is 0 Å². The van der Waals surface area contributed by atoms with E-state index in [-0.39, 0.29) is 0 Å². The van der Waals surface area contributed by atoms with Gasteiger partial charge in [-0.05, 0) is 139 Å². The van der Waals surface area contributed by atoms with E-state index in [0.29, 0.717) is 0 Å². The lowest BCUT2D eigenvalue weighted by Crippen LogP contribution is -2.12. The first-order valence-electron chi connectivity index (χ1n) is 23.6. The fourth-order valence-corrected chi connectivity index (χ4v) is 9.91. The Kier molecular flexibility index (Phi) is 10.9. The molecule has 0 aliphatic carbocycles. The maximum absolute atomic E-state index is 7.18. The zero-order valence-electron chi connectivity index (χ0n) is 38.8. The molecule has 0 unspecified atom stereocenters. The Hall–Kier alpha value is -9.26. The quantitative estimate of drug-likeness (QED) is 0.129. The van der Waals surface area contributed by atoms with E-state index in [0.717, 1.165) is 118 Å². The Bertz CT molecular complexity index is 3760. The third-order valence-corrected chi connectivity index (χ3v) is 13.2. The molecule has 0 spiro atoms. The van der Waals surface area contributed by atoms with Crippen LogP contribution in [0, 0.1) is 13.8 Å². The van der Waals surface area contributed by atoms with Crippen molar-refractivity contribution in [3.8, 4) is 50.5 Å². The topological polar surface area (TPSA) is 50.3 Å². The summed E-state index contributed by atoms with van der Waals surface area (Å²) in [7, 11) is 0. The van der Waals surface area contributed by atoms with Gasteiger partial charge in [0.15, 0.2) is 0 Å². The molecule has 8 aromatic carbocycles. The summed E-state index contributed by atoms with van der Waals surface area (Å²) in [5, 5.41) is 2.13. The third kappa shape index (κ3) is 7.58. The normalized spacial score (nSPS) is 11.3. The van der Waals surface area contributed by atoms with Crippen molar-refractivity contribution < 1.29 is 4.42 Å². The number of hydrogen-bond acceptors (Lipinski definition) is 5. The maximum Gasteiger partial charge on any atom is 0.143 e. The average molecular weight is 902 g/mol. The fourth-order valence-electron chi connectivity index (χ4n) is 9.91. The minimum Gasteiger partial charge on any atom is -0.455 e. The van der Waals surface area contributed by atoms with Crippen LogP contribution in [0.15, 0.2) is 253 Å². The number of rotatable bonds is 11. The van der Waals surface area contributed by atoms with E-state index < -0.39 is 0 Å². The molecule has 70 heavy (non-hydrogen) atoms. The van der Waals surface area contributed by atoms with Crippen molar-refractivity contribution in [1.29, 1.82) is 0 Å². The van der Waals surface area contributed by atoms with Gasteiger partial charge in [-0.1, -0.05) is 140 Å². The maximum atomic E-state index is 7.18. The summed E-state index contributed by atoms with van der Waals surface area (Å²) < 4.78 is 9.61. The fraction of sp³-hybridized carbons (Fsp3) is 0.0312. The number of hydrogen-bond donors (Lipinski definition) is 0. The van der Waals surface area contributed by atoms with Gasteiger partial charge in [0.25, 0.3) is 0 Å². The predicted octanol–water partition coefficient (Wildman–Crippen LogP) is 17.4. The molecule has 0 fully saturated rings. The van der Waals surface area contributed by atoms with Crippen LogP contribution in [-0.4, -0.2) is 14.5 Å². The largest absolute Gasteiger partial charge is 0.455 e. The highest BCUT2D eigenvalue weighted by molar-refractivity contribution is 6.14. The molecule has 0 bridgehead atoms. The van der Waals surface area contributed by atoms with E-state index in [9.17, 15) is 0 Å². The minimum atomic E-state index is 0.814. The molecule has 0 aliphatic rings. The van der Waals surface area contributed by atoms with Crippen LogP contribution >= 0.6 is 0 Å². The number of aryl methyl sites for hydroxylation is 2. The van der Waals surface area contributed by atoms with Gasteiger partial charge in [0.2, 0.25) is 0 Å². The van der Waals surface area contributed by atoms with Crippen LogP contribution in [-0.2, 0) is 0 Å². The standard InChI is InChI=1S/C64H47N5O/c1-44-20-12-14-28-55(44)67(59-30-16-18-40-65-59)51-36-32-48(33-37-51)63-61(46-22-6-3-7-23-46)53-43-58-54(42-57(53)69(63)50-26-10-5-11-27-50)62(47-24-8-4-9-25-47)64(70-58)49-34-38-52(39-35-49)68(60-31-17-19-41-66-60)56-29-15-13-21-45(56)2/h3-43H,1-2H3. The number of aromatic nitrogens is 3. The van der Waals surface area contributed by atoms with Gasteiger partial charge in [0.1, 0.15) is 23.0 Å². The van der Waals surface area contributed by atoms with E-state index in [4.69, 9.17) is 14.4 Å². The van der Waals surface area contributed by atoms with Gasteiger partial charge < -0.3 is 8.98 Å². The van der Waals surface area contributed by atoms with Crippen molar-refractivity contribution in [3.63, 3.8) is 0 Å². The van der Waals surface area contributed by atoms with E-state index >= 15 is 0 Å². The molecule has 0 N–H and O–H groups in total. The number of fused-ring (bicyclic) bond motifs is 2. The summed E-state index contributed by atoms with van der Waals surface area (Å²) in [5.74, 6) is 2.52. The molecular weight excluding hydrogens is 855 g/mol. The van der Waals surface area contributed by atoms with Crippen molar-refractivity contribution in [2.75, 3.05) is 9.80 Å². The summed E-state index contributed by atoms with van der Waals surface area (Å²) in [6, 6.07) is 83.2. The number of pyridine rings is 2. The second-order valence-electron chi connectivity index (χ2n) is 17.5. The van der Waals surface area contributed by atoms with Crippen molar-refractivity contribution in [2.45, 2.75) is 13.8 Å². The Balaban J connectivity index is 1.07. The van der Waals surface area contributed by atoms with Crippen LogP contribution in [0.3, 0.4) is 0 Å². The molecule has 12 aromatic rings. The predicted molar refractivity (Wildman–Crippen MR) is 289 cm³/mol. The highest BCUT2D eigenvalue weighted by Gasteiger charge is 2.27. The lowest BCUT2D eigenvalue weighted by molar-refractivity contribution is 0.633. The van der Waals surface area contributed by atoms with Gasteiger partial charge >= 0.3 is 0 Å². The molecular formula is C64H47N5O. The Morgan fingerprint density at radius 2 is 0.871 bits per heavy atom. The van der Waals surface area contributed by atoms with Crippen molar-refractivity contribution in [2.24, 2.45) is 0 Å². The van der Waals surface area contributed by atoms with Gasteiger partial charge in [0, 0.05) is 56.9 Å². The molecule has 0 saturated carbocycles. The lowest BCUT2D eigenvalue weighted by Gasteiger charge is -2.26. The molecule has 0 aliphatic heterocycles. The zero-order valence-corrected chi connectivity index (χ0v) is 38.8. The molecule has 4 aromatic heterocycles. The number of nitrogens with zero attached hydrogens (tertiary/aromatic N) is 5. The lowest BCUT2D eigenvalue weighted by atomic mass is 9.96. The molecule has 6 heteroatoms. The number of para-hydroxylation sites is 3. The monoisotopic (exact) mass is 901 g/mol. The Labute approximate surface area is 407 Å². The first kappa shape index (κ1) is 42.1. The van der Waals surface area contributed by atoms with Crippen LogP contribution in [0.25, 0.3) is 72.4 Å². The van der Waals surface area contributed by atoms with Crippen LogP contribution in [0.1, 0.15) is 11.1 Å². The van der Waals surface area contributed by atoms with Crippen LogP contribution in [0.4, 0.5) is 34.4 Å². The van der Waals surface area contributed by atoms with E-state index in [1.54, 1.807) is 0 Å². The van der Waals surface area contributed by atoms with Gasteiger partial charge in [-0.2, -0.15) is 0 Å². The van der Waals surface area contributed by atoms with Crippen LogP contribution < -0.4 is 9.80 Å². The van der Waals surface area contributed by atoms with Crippen LogP contribution in [0.2, 0.25) is 0 Å². The molecule has 12 rings (SSSR count). The third-order valence-electron chi connectivity index (χ3n) is 13.2. The van der Waals surface area contributed by atoms with Gasteiger partial charge in [-0.15, -0.1) is 0 Å². The number of anilines is 6. The molecule has 0 amide bonds. The van der Waals surface area contributed by atoms with Crippen molar-refractivity contribution in [1.82, 2.24) is 14.5 Å². The molecule has 0 atom stereocenters.